The van der Waals surface area contributed by atoms with Crippen molar-refractivity contribution in [1.29, 1.82) is 0 Å². The number of nitrogens with zero attached hydrogens (tertiary/aromatic N) is 2. The first-order valence-corrected chi connectivity index (χ1v) is 11.4. The van der Waals surface area contributed by atoms with Crippen molar-refractivity contribution in [3.8, 4) is 11.5 Å². The Labute approximate surface area is 187 Å². The molecule has 2 aromatic rings. The SMILES string of the molecule is CCCC(C)NC(=O)CN(c1ccc(OC)cc1OC)S(=O)(=O)c1ccccc1[N+](=O)[O-]. The Morgan fingerprint density at radius 1 is 1.19 bits per heavy atom. The van der Waals surface area contributed by atoms with E-state index in [2.05, 4.69) is 5.32 Å². The number of nitrogens with one attached hydrogen (secondary N) is 1. The minimum atomic E-state index is -4.52. The van der Waals surface area contributed by atoms with Gasteiger partial charge in [0.2, 0.25) is 5.91 Å². The third-order valence-electron chi connectivity index (χ3n) is 4.70. The summed E-state index contributed by atoms with van der Waals surface area (Å²) < 4.78 is 38.5. The molecule has 2 aromatic carbocycles. The number of nitro groups is 1. The first-order chi connectivity index (χ1) is 15.1. The molecular formula is C21H27N3O7S. The highest BCUT2D eigenvalue weighted by Crippen LogP contribution is 2.37. The van der Waals surface area contributed by atoms with Crippen LogP contribution in [-0.4, -0.2) is 46.1 Å². The molecule has 0 aliphatic heterocycles. The molecule has 0 aliphatic carbocycles. The van der Waals surface area contributed by atoms with Gasteiger partial charge >= 0.3 is 0 Å². The summed E-state index contributed by atoms with van der Waals surface area (Å²) in [5.74, 6) is -0.0124. The predicted octanol–water partition coefficient (Wildman–Crippen LogP) is 3.11. The zero-order valence-electron chi connectivity index (χ0n) is 18.4. The van der Waals surface area contributed by atoms with Gasteiger partial charge in [0.25, 0.3) is 15.7 Å². The predicted molar refractivity (Wildman–Crippen MR) is 120 cm³/mol. The third-order valence-corrected chi connectivity index (χ3v) is 6.51. The summed E-state index contributed by atoms with van der Waals surface area (Å²) in [4.78, 5) is 22.9. The van der Waals surface area contributed by atoms with Gasteiger partial charge in [-0.3, -0.25) is 19.2 Å². The van der Waals surface area contributed by atoms with Gasteiger partial charge < -0.3 is 14.8 Å². The Kier molecular flexibility index (Phi) is 8.41. The summed E-state index contributed by atoms with van der Waals surface area (Å²) in [6, 6.07) is 9.22. The van der Waals surface area contributed by atoms with Crippen LogP contribution in [-0.2, 0) is 14.8 Å². The van der Waals surface area contributed by atoms with Crippen molar-refractivity contribution in [3.63, 3.8) is 0 Å². The van der Waals surface area contributed by atoms with Crippen LogP contribution < -0.4 is 19.1 Å². The van der Waals surface area contributed by atoms with Crippen LogP contribution in [0.3, 0.4) is 0 Å². The van der Waals surface area contributed by atoms with E-state index in [1.165, 1.54) is 44.6 Å². The molecule has 0 bridgehead atoms. The Balaban J connectivity index is 2.61. The number of hydrogen-bond donors (Lipinski definition) is 1. The monoisotopic (exact) mass is 465 g/mol. The average Bonchev–Trinajstić information content (AvgIpc) is 2.77. The maximum Gasteiger partial charge on any atom is 0.289 e. The van der Waals surface area contributed by atoms with Crippen LogP contribution in [0.1, 0.15) is 26.7 Å². The van der Waals surface area contributed by atoms with Crippen LogP contribution in [0.25, 0.3) is 0 Å². The third kappa shape index (κ3) is 5.67. The molecule has 2 rings (SSSR count). The Morgan fingerprint density at radius 3 is 2.47 bits per heavy atom. The number of amides is 1. The number of benzene rings is 2. The van der Waals surface area contributed by atoms with Crippen molar-refractivity contribution >= 4 is 27.3 Å². The van der Waals surface area contributed by atoms with E-state index in [9.17, 15) is 23.3 Å². The highest BCUT2D eigenvalue weighted by atomic mass is 32.2. The normalized spacial score (nSPS) is 12.0. The molecule has 1 unspecified atom stereocenters. The second kappa shape index (κ2) is 10.8. The minimum Gasteiger partial charge on any atom is -0.497 e. The van der Waals surface area contributed by atoms with Gasteiger partial charge in [0.05, 0.1) is 24.8 Å². The van der Waals surface area contributed by atoms with Gasteiger partial charge in [-0.2, -0.15) is 0 Å². The van der Waals surface area contributed by atoms with Crippen LogP contribution in [0.4, 0.5) is 11.4 Å². The zero-order valence-corrected chi connectivity index (χ0v) is 19.2. The van der Waals surface area contributed by atoms with Crippen molar-refractivity contribution < 1.29 is 27.6 Å². The van der Waals surface area contributed by atoms with Crippen molar-refractivity contribution in [1.82, 2.24) is 5.32 Å². The Hall–Kier alpha value is -3.34. The number of sulfonamides is 1. The molecule has 0 heterocycles. The minimum absolute atomic E-state index is 0.0461. The number of rotatable bonds is 11. The molecule has 174 valence electrons. The highest BCUT2D eigenvalue weighted by Gasteiger charge is 2.34. The van der Waals surface area contributed by atoms with Crippen LogP contribution >= 0.6 is 0 Å². The molecular weight excluding hydrogens is 438 g/mol. The molecule has 0 radical (unpaired) electrons. The van der Waals surface area contributed by atoms with Crippen molar-refractivity contribution in [2.75, 3.05) is 25.1 Å². The molecule has 32 heavy (non-hydrogen) atoms. The summed E-state index contributed by atoms with van der Waals surface area (Å²) in [5, 5.41) is 14.2. The van der Waals surface area contributed by atoms with E-state index in [1.807, 2.05) is 13.8 Å². The molecule has 1 amide bonds. The largest absolute Gasteiger partial charge is 0.497 e. The number of anilines is 1. The van der Waals surface area contributed by atoms with Crippen LogP contribution in [0.5, 0.6) is 11.5 Å². The maximum atomic E-state index is 13.6. The molecule has 0 fully saturated rings. The summed E-state index contributed by atoms with van der Waals surface area (Å²) in [7, 11) is -1.73. The van der Waals surface area contributed by atoms with Crippen LogP contribution in [0.2, 0.25) is 0 Å². The van der Waals surface area contributed by atoms with E-state index >= 15 is 0 Å². The molecule has 0 saturated heterocycles. The molecule has 10 nitrogen and oxygen atoms in total. The lowest BCUT2D eigenvalue weighted by atomic mass is 10.2. The lowest BCUT2D eigenvalue weighted by Gasteiger charge is -2.26. The second-order valence-electron chi connectivity index (χ2n) is 7.03. The van der Waals surface area contributed by atoms with E-state index in [1.54, 1.807) is 0 Å². The first-order valence-electron chi connectivity index (χ1n) is 9.93. The van der Waals surface area contributed by atoms with E-state index in [0.717, 1.165) is 22.9 Å². The summed E-state index contributed by atoms with van der Waals surface area (Å²) in [6.45, 7) is 3.19. The van der Waals surface area contributed by atoms with E-state index in [-0.39, 0.29) is 17.5 Å². The van der Waals surface area contributed by atoms with Crippen molar-refractivity contribution in [2.24, 2.45) is 0 Å². The quantitative estimate of drug-likeness (QED) is 0.399. The lowest BCUT2D eigenvalue weighted by Crippen LogP contribution is -2.43. The summed E-state index contributed by atoms with van der Waals surface area (Å²) in [6.07, 6.45) is 1.56. The second-order valence-corrected chi connectivity index (χ2v) is 8.86. The fourth-order valence-corrected chi connectivity index (χ4v) is 4.78. The van der Waals surface area contributed by atoms with E-state index < -0.39 is 38.0 Å². The number of carbonyl (C=O) groups excluding carboxylic acids is 1. The smallest absolute Gasteiger partial charge is 0.289 e. The van der Waals surface area contributed by atoms with Gasteiger partial charge in [0.1, 0.15) is 18.0 Å². The summed E-state index contributed by atoms with van der Waals surface area (Å²) in [5.41, 5.74) is -0.547. The van der Waals surface area contributed by atoms with Gasteiger partial charge in [-0.25, -0.2) is 8.42 Å². The number of methoxy groups -OCH3 is 2. The first kappa shape index (κ1) is 24.9. The molecule has 0 spiro atoms. The zero-order chi connectivity index (χ0) is 23.9. The van der Waals surface area contributed by atoms with Crippen molar-refractivity contribution in [2.45, 2.75) is 37.6 Å². The number of nitro benzene ring substituents is 1. The molecule has 0 aliphatic rings. The molecule has 11 heteroatoms. The van der Waals surface area contributed by atoms with Crippen LogP contribution in [0.15, 0.2) is 47.4 Å². The Bertz CT molecular complexity index is 1070. The fraction of sp³-hybridized carbons (Fsp3) is 0.381. The standard InChI is InChI=1S/C21H27N3O7S/c1-5-8-15(2)22-21(25)14-23(17-12-11-16(30-3)13-19(17)31-4)32(28,29)20-10-7-6-9-18(20)24(26)27/h6-7,9-13,15H,5,8,14H2,1-4H3,(H,22,25). The number of hydrogen-bond acceptors (Lipinski definition) is 7. The van der Waals surface area contributed by atoms with E-state index in [4.69, 9.17) is 9.47 Å². The topological polar surface area (TPSA) is 128 Å². The van der Waals surface area contributed by atoms with Crippen molar-refractivity contribution in [3.05, 3.63) is 52.6 Å². The van der Waals surface area contributed by atoms with Gasteiger partial charge in [0, 0.05) is 18.2 Å². The number of ether oxygens (including phenoxy) is 2. The molecule has 1 atom stereocenters. The van der Waals surface area contributed by atoms with Gasteiger partial charge in [-0.1, -0.05) is 25.5 Å². The summed E-state index contributed by atoms with van der Waals surface area (Å²) >= 11 is 0. The number of carbonyl (C=O) groups is 1. The molecule has 0 saturated carbocycles. The molecule has 1 N–H and O–H groups in total. The lowest BCUT2D eigenvalue weighted by molar-refractivity contribution is -0.387. The fourth-order valence-electron chi connectivity index (χ4n) is 3.19. The van der Waals surface area contributed by atoms with Gasteiger partial charge in [-0.15, -0.1) is 0 Å². The maximum absolute atomic E-state index is 13.6. The van der Waals surface area contributed by atoms with Gasteiger partial charge in [0.15, 0.2) is 4.90 Å². The van der Waals surface area contributed by atoms with Crippen LogP contribution in [0, 0.1) is 10.1 Å². The van der Waals surface area contributed by atoms with E-state index in [0.29, 0.717) is 12.2 Å². The Morgan fingerprint density at radius 2 is 1.88 bits per heavy atom. The number of para-hydroxylation sites is 1. The molecule has 0 aromatic heterocycles. The van der Waals surface area contributed by atoms with Gasteiger partial charge in [-0.05, 0) is 31.5 Å². The highest BCUT2D eigenvalue weighted by molar-refractivity contribution is 7.93. The average molecular weight is 466 g/mol.